The number of nitrogens with two attached hydrogens (primary N) is 1. The van der Waals surface area contributed by atoms with Crippen molar-refractivity contribution in [2.75, 3.05) is 11.9 Å². The van der Waals surface area contributed by atoms with Crippen LogP contribution in [-0.4, -0.2) is 22.7 Å². The Morgan fingerprint density at radius 2 is 2.41 bits per heavy atom. The molecule has 0 bridgehead atoms. The summed E-state index contributed by atoms with van der Waals surface area (Å²) in [5.41, 5.74) is 5.91. The van der Waals surface area contributed by atoms with Crippen LogP contribution in [0.25, 0.3) is 0 Å². The lowest BCUT2D eigenvalue weighted by Crippen LogP contribution is -2.27. The van der Waals surface area contributed by atoms with Gasteiger partial charge in [-0.3, -0.25) is 14.4 Å². The second-order valence-corrected chi connectivity index (χ2v) is 3.68. The van der Waals surface area contributed by atoms with Gasteiger partial charge in [-0.05, 0) is 6.07 Å². The van der Waals surface area contributed by atoms with Gasteiger partial charge in [-0.15, -0.1) is 0 Å². The van der Waals surface area contributed by atoms with E-state index in [9.17, 15) is 4.79 Å². The van der Waals surface area contributed by atoms with Gasteiger partial charge in [-0.2, -0.15) is 5.10 Å². The molecule has 1 amide bonds. The summed E-state index contributed by atoms with van der Waals surface area (Å²) >= 11 is 0. The highest BCUT2D eigenvalue weighted by Gasteiger charge is 2.17. The van der Waals surface area contributed by atoms with E-state index >= 15 is 0 Å². The van der Waals surface area contributed by atoms with Crippen LogP contribution in [0, 0.1) is 0 Å². The minimum atomic E-state index is -0.156. The number of hydrogen-bond acceptors (Lipinski definition) is 4. The highest BCUT2D eigenvalue weighted by Crippen LogP contribution is 2.15. The molecule has 2 aromatic heterocycles. The topological polar surface area (TPSA) is 77.3 Å². The molecule has 0 atom stereocenters. The van der Waals surface area contributed by atoms with Gasteiger partial charge in [0.2, 0.25) is 0 Å². The molecular formula is C11H14N4O2. The Balaban J connectivity index is 2.23. The zero-order chi connectivity index (χ0) is 12.4. The van der Waals surface area contributed by atoms with Gasteiger partial charge in [0.15, 0.2) is 0 Å². The van der Waals surface area contributed by atoms with Crippen molar-refractivity contribution in [3.8, 4) is 0 Å². The van der Waals surface area contributed by atoms with Crippen LogP contribution in [0.1, 0.15) is 16.1 Å². The van der Waals surface area contributed by atoms with Crippen molar-refractivity contribution in [3.63, 3.8) is 0 Å². The van der Waals surface area contributed by atoms with Crippen LogP contribution < -0.4 is 10.6 Å². The van der Waals surface area contributed by atoms with Gasteiger partial charge in [0.1, 0.15) is 17.8 Å². The van der Waals surface area contributed by atoms with Gasteiger partial charge in [0.25, 0.3) is 5.91 Å². The molecule has 0 unspecified atom stereocenters. The lowest BCUT2D eigenvalue weighted by molar-refractivity contribution is 0.0991. The predicted molar refractivity (Wildman–Crippen MR) is 62.5 cm³/mol. The summed E-state index contributed by atoms with van der Waals surface area (Å²) in [7, 11) is 3.47. The number of rotatable bonds is 3. The molecule has 2 N–H and O–H groups in total. The normalized spacial score (nSPS) is 10.5. The van der Waals surface area contributed by atoms with Crippen molar-refractivity contribution < 1.29 is 9.21 Å². The molecule has 6 heteroatoms. The first-order valence-corrected chi connectivity index (χ1v) is 5.17. The summed E-state index contributed by atoms with van der Waals surface area (Å²) in [5.74, 6) is 1.15. The van der Waals surface area contributed by atoms with Gasteiger partial charge in [-0.25, -0.2) is 0 Å². The van der Waals surface area contributed by atoms with Crippen molar-refractivity contribution >= 4 is 11.7 Å². The fraction of sp³-hybridized carbons (Fsp3) is 0.273. The van der Waals surface area contributed by atoms with E-state index in [4.69, 9.17) is 10.2 Å². The number of aryl methyl sites for hydroxylation is 1. The minimum Gasteiger partial charge on any atom is -0.467 e. The zero-order valence-corrected chi connectivity index (χ0v) is 9.75. The van der Waals surface area contributed by atoms with E-state index in [0.717, 1.165) is 0 Å². The Bertz CT molecular complexity index is 529. The maximum atomic E-state index is 12.1. The summed E-state index contributed by atoms with van der Waals surface area (Å²) in [4.78, 5) is 13.6. The number of carbonyl (C=O) groups excluding carboxylic acids is 1. The third kappa shape index (κ3) is 2.07. The lowest BCUT2D eigenvalue weighted by atomic mass is 10.2. The maximum Gasteiger partial charge on any atom is 0.262 e. The SMILES string of the molecule is CN(C(=O)c1coc(CN)c1)c1ccnn1C. The molecule has 90 valence electrons. The Labute approximate surface area is 98.6 Å². The van der Waals surface area contributed by atoms with E-state index < -0.39 is 0 Å². The van der Waals surface area contributed by atoms with Gasteiger partial charge < -0.3 is 10.2 Å². The van der Waals surface area contributed by atoms with E-state index in [-0.39, 0.29) is 12.5 Å². The van der Waals surface area contributed by atoms with Crippen LogP contribution in [0.3, 0.4) is 0 Å². The fourth-order valence-corrected chi connectivity index (χ4v) is 1.59. The summed E-state index contributed by atoms with van der Waals surface area (Å²) in [5, 5.41) is 4.01. The van der Waals surface area contributed by atoms with E-state index in [0.29, 0.717) is 17.1 Å². The molecule has 0 spiro atoms. The van der Waals surface area contributed by atoms with Crippen LogP contribution in [-0.2, 0) is 13.6 Å². The molecule has 0 fully saturated rings. The van der Waals surface area contributed by atoms with Gasteiger partial charge in [0, 0.05) is 20.2 Å². The number of hydrogen-bond donors (Lipinski definition) is 1. The van der Waals surface area contributed by atoms with E-state index in [2.05, 4.69) is 5.10 Å². The van der Waals surface area contributed by atoms with Crippen molar-refractivity contribution in [2.24, 2.45) is 12.8 Å². The Morgan fingerprint density at radius 1 is 1.65 bits per heavy atom. The van der Waals surface area contributed by atoms with Crippen molar-refractivity contribution in [3.05, 3.63) is 35.9 Å². The highest BCUT2D eigenvalue weighted by molar-refractivity contribution is 6.05. The number of nitrogens with zero attached hydrogens (tertiary/aromatic N) is 3. The quantitative estimate of drug-likeness (QED) is 0.850. The van der Waals surface area contributed by atoms with Crippen LogP contribution in [0.4, 0.5) is 5.82 Å². The fourth-order valence-electron chi connectivity index (χ4n) is 1.59. The third-order valence-corrected chi connectivity index (χ3v) is 2.55. The van der Waals surface area contributed by atoms with Crippen LogP contribution >= 0.6 is 0 Å². The predicted octanol–water partition coefficient (Wildman–Crippen LogP) is 0.748. The van der Waals surface area contributed by atoms with Crippen molar-refractivity contribution in [1.82, 2.24) is 9.78 Å². The average molecular weight is 234 g/mol. The van der Waals surface area contributed by atoms with E-state index in [1.165, 1.54) is 11.2 Å². The minimum absolute atomic E-state index is 0.156. The molecule has 6 nitrogen and oxygen atoms in total. The second kappa shape index (κ2) is 4.42. The monoisotopic (exact) mass is 234 g/mol. The molecule has 2 heterocycles. The van der Waals surface area contributed by atoms with Crippen LogP contribution in [0.5, 0.6) is 0 Å². The van der Waals surface area contributed by atoms with Crippen LogP contribution in [0.15, 0.2) is 29.0 Å². The number of amides is 1. The number of carbonyl (C=O) groups is 1. The summed E-state index contributed by atoms with van der Waals surface area (Å²) in [6.45, 7) is 0.280. The molecule has 0 saturated heterocycles. The standard InChI is InChI=1S/C11H14N4O2/c1-14(10-3-4-13-15(10)2)11(16)8-5-9(6-12)17-7-8/h3-5,7H,6,12H2,1-2H3. The summed E-state index contributed by atoms with van der Waals surface area (Å²) in [6.07, 6.45) is 3.05. The lowest BCUT2D eigenvalue weighted by Gasteiger charge is -2.15. The van der Waals surface area contributed by atoms with Gasteiger partial charge in [0.05, 0.1) is 18.3 Å². The first-order chi connectivity index (χ1) is 8.13. The molecule has 2 aromatic rings. The molecule has 0 aliphatic heterocycles. The molecule has 0 saturated carbocycles. The molecule has 0 radical (unpaired) electrons. The number of furan rings is 1. The van der Waals surface area contributed by atoms with Gasteiger partial charge in [-0.1, -0.05) is 0 Å². The molecule has 0 aliphatic rings. The second-order valence-electron chi connectivity index (χ2n) is 3.68. The molecule has 0 aromatic carbocycles. The molecular weight excluding hydrogens is 220 g/mol. The smallest absolute Gasteiger partial charge is 0.262 e. The first-order valence-electron chi connectivity index (χ1n) is 5.17. The Kier molecular flexibility index (Phi) is 2.97. The van der Waals surface area contributed by atoms with Crippen LogP contribution in [0.2, 0.25) is 0 Å². The third-order valence-electron chi connectivity index (χ3n) is 2.55. The number of anilines is 1. The number of aromatic nitrogens is 2. The Hall–Kier alpha value is -2.08. The molecule has 0 aliphatic carbocycles. The first kappa shape index (κ1) is 11.4. The van der Waals surface area contributed by atoms with Gasteiger partial charge >= 0.3 is 0 Å². The van der Waals surface area contributed by atoms with E-state index in [1.807, 2.05) is 0 Å². The summed E-state index contributed by atoms with van der Waals surface area (Å²) in [6, 6.07) is 3.41. The summed E-state index contributed by atoms with van der Waals surface area (Å²) < 4.78 is 6.76. The van der Waals surface area contributed by atoms with Crippen molar-refractivity contribution in [1.29, 1.82) is 0 Å². The molecule has 17 heavy (non-hydrogen) atoms. The van der Waals surface area contributed by atoms with E-state index in [1.54, 1.807) is 37.1 Å². The molecule has 2 rings (SSSR count). The zero-order valence-electron chi connectivity index (χ0n) is 9.75. The maximum absolute atomic E-state index is 12.1. The highest BCUT2D eigenvalue weighted by atomic mass is 16.3. The average Bonchev–Trinajstić information content (AvgIpc) is 2.95. The Morgan fingerprint density at radius 3 is 2.94 bits per heavy atom. The largest absolute Gasteiger partial charge is 0.467 e. The van der Waals surface area contributed by atoms with Crippen molar-refractivity contribution in [2.45, 2.75) is 6.54 Å².